The molecule has 2 aromatic carbocycles. The number of hydrogen-bond donors (Lipinski definition) is 1. The number of nitrogens with two attached hydrogens (primary N) is 1. The Kier molecular flexibility index (Phi) is 5.50. The van der Waals surface area contributed by atoms with Crippen molar-refractivity contribution in [3.05, 3.63) is 59.7 Å². The Morgan fingerprint density at radius 1 is 1.12 bits per heavy atom. The van der Waals surface area contributed by atoms with Crippen LogP contribution in [0, 0.1) is 0 Å². The molecule has 2 N–H and O–H groups in total. The van der Waals surface area contributed by atoms with Gasteiger partial charge in [-0.25, -0.2) is 0 Å². The van der Waals surface area contributed by atoms with Gasteiger partial charge >= 0.3 is 6.61 Å². The van der Waals surface area contributed by atoms with Crippen LogP contribution in [0.1, 0.15) is 17.0 Å². The van der Waals surface area contributed by atoms with Crippen LogP contribution in [-0.2, 0) is 6.54 Å². The molecule has 1 fully saturated rings. The van der Waals surface area contributed by atoms with E-state index in [0.29, 0.717) is 12.3 Å². The van der Waals surface area contributed by atoms with Gasteiger partial charge in [0, 0.05) is 31.6 Å². The van der Waals surface area contributed by atoms with Gasteiger partial charge in [-0.05, 0) is 23.3 Å². The van der Waals surface area contributed by atoms with Crippen LogP contribution < -0.4 is 15.2 Å². The second-order valence-electron chi connectivity index (χ2n) is 6.24. The van der Waals surface area contributed by atoms with Crippen molar-refractivity contribution in [2.45, 2.75) is 25.1 Å². The number of likely N-dealkylation sites (tertiary alicyclic amines) is 1. The maximum Gasteiger partial charge on any atom is 0.387 e. The van der Waals surface area contributed by atoms with Crippen LogP contribution in [0.15, 0.2) is 48.5 Å². The summed E-state index contributed by atoms with van der Waals surface area (Å²) in [6.07, 6.45) is 0. The zero-order valence-electron chi connectivity index (χ0n) is 14.1. The van der Waals surface area contributed by atoms with E-state index in [1.807, 2.05) is 24.3 Å². The highest BCUT2D eigenvalue weighted by Gasteiger charge is 2.31. The Morgan fingerprint density at radius 2 is 1.88 bits per heavy atom. The standard InChI is InChI=1S/C19H22F2N2O2/c1-24-17-8-7-13(9-18(17)25-19(20)21)10-23-11-15(16(22)12-23)14-5-3-2-4-6-14/h2-9,15-16,19H,10-12,22H2,1H3/t15-,16+/m0/s1. The lowest BCUT2D eigenvalue weighted by Gasteiger charge is -2.17. The normalized spacial score (nSPS) is 20.8. The first-order valence-corrected chi connectivity index (χ1v) is 8.21. The van der Waals surface area contributed by atoms with E-state index in [1.165, 1.54) is 12.7 Å². The average Bonchev–Trinajstić information content (AvgIpc) is 2.96. The molecule has 2 aromatic rings. The molecule has 0 saturated carbocycles. The van der Waals surface area contributed by atoms with Crippen molar-refractivity contribution in [1.29, 1.82) is 0 Å². The summed E-state index contributed by atoms with van der Waals surface area (Å²) in [7, 11) is 1.43. The Hall–Kier alpha value is -2.18. The topological polar surface area (TPSA) is 47.7 Å². The minimum Gasteiger partial charge on any atom is -0.493 e. The van der Waals surface area contributed by atoms with E-state index in [1.54, 1.807) is 12.1 Å². The van der Waals surface area contributed by atoms with Crippen molar-refractivity contribution in [2.75, 3.05) is 20.2 Å². The van der Waals surface area contributed by atoms with E-state index in [0.717, 1.165) is 18.7 Å². The van der Waals surface area contributed by atoms with Gasteiger partial charge in [-0.3, -0.25) is 4.90 Å². The molecule has 0 aromatic heterocycles. The number of benzene rings is 2. The van der Waals surface area contributed by atoms with Gasteiger partial charge in [-0.2, -0.15) is 8.78 Å². The van der Waals surface area contributed by atoms with E-state index in [-0.39, 0.29) is 17.7 Å². The summed E-state index contributed by atoms with van der Waals surface area (Å²) in [5.74, 6) is 0.624. The molecule has 6 heteroatoms. The molecule has 0 aliphatic carbocycles. The molecule has 0 amide bonds. The third-order valence-corrected chi connectivity index (χ3v) is 4.52. The lowest BCUT2D eigenvalue weighted by molar-refractivity contribution is -0.0512. The molecule has 1 saturated heterocycles. The summed E-state index contributed by atoms with van der Waals surface area (Å²) < 4.78 is 34.7. The molecule has 2 atom stereocenters. The lowest BCUT2D eigenvalue weighted by Crippen LogP contribution is -2.28. The third-order valence-electron chi connectivity index (χ3n) is 4.52. The Bertz CT molecular complexity index is 697. The first-order valence-electron chi connectivity index (χ1n) is 8.21. The van der Waals surface area contributed by atoms with Crippen LogP contribution in [0.25, 0.3) is 0 Å². The zero-order valence-corrected chi connectivity index (χ0v) is 14.1. The van der Waals surface area contributed by atoms with Gasteiger partial charge in [0.1, 0.15) is 0 Å². The third kappa shape index (κ3) is 4.27. The molecule has 0 spiro atoms. The van der Waals surface area contributed by atoms with E-state index in [4.69, 9.17) is 10.5 Å². The molecular formula is C19H22F2N2O2. The number of alkyl halides is 2. The fourth-order valence-corrected chi connectivity index (χ4v) is 3.36. The maximum absolute atomic E-state index is 12.6. The van der Waals surface area contributed by atoms with Crippen molar-refractivity contribution in [3.8, 4) is 11.5 Å². The Morgan fingerprint density at radius 3 is 2.56 bits per heavy atom. The molecule has 1 heterocycles. The predicted octanol–water partition coefficient (Wildman–Crippen LogP) is 3.22. The van der Waals surface area contributed by atoms with E-state index >= 15 is 0 Å². The molecule has 134 valence electrons. The van der Waals surface area contributed by atoms with Crippen molar-refractivity contribution >= 4 is 0 Å². The van der Waals surface area contributed by atoms with Crippen LogP contribution in [0.3, 0.4) is 0 Å². The Balaban J connectivity index is 1.70. The van der Waals surface area contributed by atoms with Crippen LogP contribution in [-0.4, -0.2) is 37.8 Å². The molecule has 4 nitrogen and oxygen atoms in total. The van der Waals surface area contributed by atoms with Gasteiger partial charge in [0.05, 0.1) is 7.11 Å². The number of hydrogen-bond acceptors (Lipinski definition) is 4. The molecule has 0 bridgehead atoms. The SMILES string of the molecule is COc1ccc(CN2C[C@@H](N)[C@H](c3ccccc3)C2)cc1OC(F)F. The number of methoxy groups -OCH3 is 1. The van der Waals surface area contributed by atoms with Crippen LogP contribution in [0.5, 0.6) is 11.5 Å². The maximum atomic E-state index is 12.6. The molecular weight excluding hydrogens is 326 g/mol. The fraction of sp³-hybridized carbons (Fsp3) is 0.368. The average molecular weight is 348 g/mol. The fourth-order valence-electron chi connectivity index (χ4n) is 3.36. The Labute approximate surface area is 146 Å². The van der Waals surface area contributed by atoms with Gasteiger partial charge in [0.15, 0.2) is 11.5 Å². The van der Waals surface area contributed by atoms with Crippen molar-refractivity contribution in [3.63, 3.8) is 0 Å². The molecule has 1 aliphatic rings. The van der Waals surface area contributed by atoms with Crippen LogP contribution in [0.2, 0.25) is 0 Å². The van der Waals surface area contributed by atoms with E-state index in [2.05, 4.69) is 21.8 Å². The smallest absolute Gasteiger partial charge is 0.387 e. The predicted molar refractivity (Wildman–Crippen MR) is 92.1 cm³/mol. The van der Waals surface area contributed by atoms with Crippen molar-refractivity contribution in [1.82, 2.24) is 4.90 Å². The minimum atomic E-state index is -2.88. The summed E-state index contributed by atoms with van der Waals surface area (Å²) in [4.78, 5) is 2.23. The summed E-state index contributed by atoms with van der Waals surface area (Å²) in [6, 6.07) is 15.4. The number of ether oxygens (including phenoxy) is 2. The monoisotopic (exact) mass is 348 g/mol. The van der Waals surface area contributed by atoms with E-state index < -0.39 is 6.61 Å². The van der Waals surface area contributed by atoms with Gasteiger partial charge in [-0.1, -0.05) is 36.4 Å². The van der Waals surface area contributed by atoms with Crippen LogP contribution >= 0.6 is 0 Å². The van der Waals surface area contributed by atoms with Gasteiger partial charge in [-0.15, -0.1) is 0 Å². The first-order chi connectivity index (χ1) is 12.1. The molecule has 0 radical (unpaired) electrons. The quantitative estimate of drug-likeness (QED) is 0.871. The number of nitrogens with zero attached hydrogens (tertiary/aromatic N) is 1. The van der Waals surface area contributed by atoms with Crippen LogP contribution in [0.4, 0.5) is 8.78 Å². The van der Waals surface area contributed by atoms with E-state index in [9.17, 15) is 8.78 Å². The first kappa shape index (κ1) is 17.6. The van der Waals surface area contributed by atoms with Gasteiger partial charge in [0.2, 0.25) is 0 Å². The molecule has 3 rings (SSSR count). The van der Waals surface area contributed by atoms with Crippen molar-refractivity contribution in [2.24, 2.45) is 5.73 Å². The highest BCUT2D eigenvalue weighted by molar-refractivity contribution is 5.43. The number of rotatable bonds is 6. The molecule has 1 aliphatic heterocycles. The summed E-state index contributed by atoms with van der Waals surface area (Å²) in [6.45, 7) is -0.661. The highest BCUT2D eigenvalue weighted by Crippen LogP contribution is 2.32. The zero-order chi connectivity index (χ0) is 17.8. The number of halogens is 2. The summed E-state index contributed by atoms with van der Waals surface area (Å²) in [5.41, 5.74) is 8.43. The lowest BCUT2D eigenvalue weighted by atomic mass is 9.95. The van der Waals surface area contributed by atoms with Gasteiger partial charge < -0.3 is 15.2 Å². The summed E-state index contributed by atoms with van der Waals surface area (Å²) in [5, 5.41) is 0. The second kappa shape index (κ2) is 7.80. The highest BCUT2D eigenvalue weighted by atomic mass is 19.3. The molecule has 25 heavy (non-hydrogen) atoms. The molecule has 0 unspecified atom stereocenters. The summed E-state index contributed by atoms with van der Waals surface area (Å²) >= 11 is 0. The second-order valence-corrected chi connectivity index (χ2v) is 6.24. The minimum absolute atomic E-state index is 0.0532. The van der Waals surface area contributed by atoms with Gasteiger partial charge in [0.25, 0.3) is 0 Å². The van der Waals surface area contributed by atoms with Crippen molar-refractivity contribution < 1.29 is 18.3 Å². The largest absolute Gasteiger partial charge is 0.493 e.